The maximum absolute atomic E-state index is 13.0. The Balaban J connectivity index is 1.82. The van der Waals surface area contributed by atoms with Crippen molar-refractivity contribution in [2.45, 2.75) is 19.4 Å². The van der Waals surface area contributed by atoms with Crippen LogP contribution in [0, 0.1) is 0 Å². The van der Waals surface area contributed by atoms with Crippen LogP contribution in [0.15, 0.2) is 48.5 Å². The fourth-order valence-electron chi connectivity index (χ4n) is 3.19. The minimum absolute atomic E-state index is 0.000865. The Bertz CT molecular complexity index is 881. The summed E-state index contributed by atoms with van der Waals surface area (Å²) in [6.07, 6.45) is 0.218. The molecule has 1 aliphatic heterocycles. The largest absolute Gasteiger partial charge is 0.375 e. The van der Waals surface area contributed by atoms with E-state index in [1.165, 1.54) is 0 Å². The Morgan fingerprint density at radius 3 is 2.63 bits per heavy atom. The standard InChI is InChI=1S/C20H22N4O3/c1-13-11-18(25)23-16-9-5-6-10-17(16)24(13)19(26)12-22-15-8-4-3-7-14(15)20(27)21-2/h3-10,13,22H,11-12H2,1-2H3,(H,21,27)(H,23,25). The van der Waals surface area contributed by atoms with Gasteiger partial charge in [0.15, 0.2) is 0 Å². The number of carbonyl (C=O) groups is 3. The zero-order chi connectivity index (χ0) is 19.4. The summed E-state index contributed by atoms with van der Waals surface area (Å²) in [5.74, 6) is -0.532. The third-order valence-electron chi connectivity index (χ3n) is 4.46. The molecule has 7 heteroatoms. The van der Waals surface area contributed by atoms with Crippen molar-refractivity contribution in [3.63, 3.8) is 0 Å². The first-order chi connectivity index (χ1) is 13.0. The molecule has 0 fully saturated rings. The number of benzene rings is 2. The van der Waals surface area contributed by atoms with E-state index in [0.29, 0.717) is 22.6 Å². The zero-order valence-corrected chi connectivity index (χ0v) is 15.3. The van der Waals surface area contributed by atoms with Gasteiger partial charge in [-0.1, -0.05) is 24.3 Å². The maximum atomic E-state index is 13.0. The lowest BCUT2D eigenvalue weighted by Gasteiger charge is -2.28. The molecule has 0 aliphatic carbocycles. The molecule has 3 amide bonds. The molecule has 1 aliphatic rings. The number of para-hydroxylation sites is 3. The Labute approximate surface area is 157 Å². The number of nitrogens with zero attached hydrogens (tertiary/aromatic N) is 1. The SMILES string of the molecule is CNC(=O)c1ccccc1NCC(=O)N1c2ccccc2NC(=O)CC1C. The average molecular weight is 366 g/mol. The summed E-state index contributed by atoms with van der Waals surface area (Å²) < 4.78 is 0. The first-order valence-electron chi connectivity index (χ1n) is 8.77. The van der Waals surface area contributed by atoms with Gasteiger partial charge >= 0.3 is 0 Å². The molecule has 0 radical (unpaired) electrons. The molecular formula is C20H22N4O3. The monoisotopic (exact) mass is 366 g/mol. The van der Waals surface area contributed by atoms with E-state index < -0.39 is 0 Å². The van der Waals surface area contributed by atoms with Crippen LogP contribution in [0.25, 0.3) is 0 Å². The van der Waals surface area contributed by atoms with Crippen molar-refractivity contribution in [2.75, 3.05) is 29.1 Å². The molecule has 0 spiro atoms. The van der Waals surface area contributed by atoms with E-state index in [2.05, 4.69) is 16.0 Å². The summed E-state index contributed by atoms with van der Waals surface area (Å²) in [6.45, 7) is 1.85. The summed E-state index contributed by atoms with van der Waals surface area (Å²) >= 11 is 0. The van der Waals surface area contributed by atoms with E-state index >= 15 is 0 Å². The average Bonchev–Trinajstić information content (AvgIpc) is 2.79. The molecule has 140 valence electrons. The van der Waals surface area contributed by atoms with Crippen molar-refractivity contribution >= 4 is 34.8 Å². The normalized spacial score (nSPS) is 16.0. The van der Waals surface area contributed by atoms with E-state index in [1.54, 1.807) is 42.3 Å². The number of amides is 3. The smallest absolute Gasteiger partial charge is 0.253 e. The van der Waals surface area contributed by atoms with E-state index in [0.717, 1.165) is 0 Å². The van der Waals surface area contributed by atoms with E-state index in [9.17, 15) is 14.4 Å². The molecule has 0 saturated heterocycles. The molecule has 0 bridgehead atoms. The lowest BCUT2D eigenvalue weighted by molar-refractivity contribution is -0.118. The fraction of sp³-hybridized carbons (Fsp3) is 0.250. The van der Waals surface area contributed by atoms with Crippen LogP contribution in [0.2, 0.25) is 0 Å². The first-order valence-corrected chi connectivity index (χ1v) is 8.77. The molecule has 0 saturated carbocycles. The van der Waals surface area contributed by atoms with Crippen LogP contribution in [0.3, 0.4) is 0 Å². The summed E-state index contributed by atoms with van der Waals surface area (Å²) in [5, 5.41) is 8.47. The number of hydrogen-bond acceptors (Lipinski definition) is 4. The summed E-state index contributed by atoms with van der Waals surface area (Å²) in [4.78, 5) is 38.6. The highest BCUT2D eigenvalue weighted by atomic mass is 16.2. The summed E-state index contributed by atoms with van der Waals surface area (Å²) in [6, 6.07) is 14.0. The predicted molar refractivity (Wildman–Crippen MR) is 105 cm³/mol. The number of nitrogens with one attached hydrogen (secondary N) is 3. The maximum Gasteiger partial charge on any atom is 0.253 e. The molecule has 0 aromatic heterocycles. The van der Waals surface area contributed by atoms with Gasteiger partial charge in [0.25, 0.3) is 5.91 Å². The van der Waals surface area contributed by atoms with Gasteiger partial charge in [0.05, 0.1) is 23.5 Å². The summed E-state index contributed by atoms with van der Waals surface area (Å²) in [7, 11) is 1.56. The van der Waals surface area contributed by atoms with Crippen LogP contribution in [0.1, 0.15) is 23.7 Å². The number of fused-ring (bicyclic) bond motifs is 1. The molecule has 2 aromatic carbocycles. The Morgan fingerprint density at radius 1 is 1.15 bits per heavy atom. The molecule has 2 aromatic rings. The van der Waals surface area contributed by atoms with Crippen molar-refractivity contribution in [3.8, 4) is 0 Å². The Hall–Kier alpha value is -3.35. The zero-order valence-electron chi connectivity index (χ0n) is 15.3. The minimum atomic E-state index is -0.280. The predicted octanol–water partition coefficient (Wildman–Crippen LogP) is 2.22. The summed E-state index contributed by atoms with van der Waals surface area (Å²) in [5.41, 5.74) is 2.33. The minimum Gasteiger partial charge on any atom is -0.375 e. The number of anilines is 3. The lowest BCUT2D eigenvalue weighted by Crippen LogP contribution is -2.42. The highest BCUT2D eigenvalue weighted by Gasteiger charge is 2.29. The highest BCUT2D eigenvalue weighted by molar-refractivity contribution is 6.06. The number of rotatable bonds is 4. The molecule has 1 atom stereocenters. The molecule has 1 heterocycles. The van der Waals surface area contributed by atoms with Crippen LogP contribution in [-0.4, -0.2) is 37.4 Å². The van der Waals surface area contributed by atoms with Gasteiger partial charge in [-0.2, -0.15) is 0 Å². The molecule has 7 nitrogen and oxygen atoms in total. The van der Waals surface area contributed by atoms with Gasteiger partial charge in [-0.05, 0) is 31.2 Å². The van der Waals surface area contributed by atoms with Crippen LogP contribution >= 0.6 is 0 Å². The van der Waals surface area contributed by atoms with Crippen LogP contribution < -0.4 is 20.9 Å². The van der Waals surface area contributed by atoms with E-state index in [1.807, 2.05) is 25.1 Å². The first kappa shape index (κ1) is 18.4. The van der Waals surface area contributed by atoms with Gasteiger partial charge in [-0.25, -0.2) is 0 Å². The lowest BCUT2D eigenvalue weighted by atomic mass is 10.1. The molecular weight excluding hydrogens is 344 g/mol. The molecule has 1 unspecified atom stereocenters. The van der Waals surface area contributed by atoms with Gasteiger partial charge in [0, 0.05) is 25.2 Å². The van der Waals surface area contributed by atoms with Gasteiger partial charge in [0.2, 0.25) is 11.8 Å². The fourth-order valence-corrected chi connectivity index (χ4v) is 3.19. The topological polar surface area (TPSA) is 90.5 Å². The second-order valence-corrected chi connectivity index (χ2v) is 6.36. The number of carbonyl (C=O) groups excluding carboxylic acids is 3. The van der Waals surface area contributed by atoms with Crippen LogP contribution in [0.5, 0.6) is 0 Å². The second kappa shape index (κ2) is 7.90. The van der Waals surface area contributed by atoms with E-state index in [-0.39, 0.29) is 36.7 Å². The Morgan fingerprint density at radius 2 is 1.85 bits per heavy atom. The van der Waals surface area contributed by atoms with Crippen molar-refractivity contribution in [2.24, 2.45) is 0 Å². The highest BCUT2D eigenvalue weighted by Crippen LogP contribution is 2.31. The van der Waals surface area contributed by atoms with Crippen molar-refractivity contribution in [1.82, 2.24) is 5.32 Å². The van der Waals surface area contributed by atoms with E-state index in [4.69, 9.17) is 0 Å². The number of hydrogen-bond donors (Lipinski definition) is 3. The third-order valence-corrected chi connectivity index (χ3v) is 4.46. The van der Waals surface area contributed by atoms with Crippen LogP contribution in [-0.2, 0) is 9.59 Å². The third kappa shape index (κ3) is 3.92. The molecule has 27 heavy (non-hydrogen) atoms. The molecule has 3 rings (SSSR count). The quantitative estimate of drug-likeness (QED) is 0.774. The van der Waals surface area contributed by atoms with Crippen LogP contribution in [0.4, 0.5) is 17.1 Å². The Kier molecular flexibility index (Phi) is 5.40. The van der Waals surface area contributed by atoms with Gasteiger partial charge in [-0.15, -0.1) is 0 Å². The van der Waals surface area contributed by atoms with Crippen molar-refractivity contribution in [3.05, 3.63) is 54.1 Å². The van der Waals surface area contributed by atoms with Crippen molar-refractivity contribution < 1.29 is 14.4 Å². The molecule has 3 N–H and O–H groups in total. The van der Waals surface area contributed by atoms with Gasteiger partial charge < -0.3 is 20.9 Å². The second-order valence-electron chi connectivity index (χ2n) is 6.36. The van der Waals surface area contributed by atoms with Crippen molar-refractivity contribution in [1.29, 1.82) is 0 Å². The van der Waals surface area contributed by atoms with Gasteiger partial charge in [-0.3, -0.25) is 14.4 Å². The van der Waals surface area contributed by atoms with Gasteiger partial charge in [0.1, 0.15) is 0 Å².